The number of hydrogen-bond acceptors (Lipinski definition) is 2. The number of aryl methyl sites for hydroxylation is 2. The van der Waals surface area contributed by atoms with Gasteiger partial charge in [-0.05, 0) is 67.0 Å². The van der Waals surface area contributed by atoms with E-state index < -0.39 is 0 Å². The first-order valence-corrected chi connectivity index (χ1v) is 13.1. The molecule has 1 unspecified atom stereocenters. The summed E-state index contributed by atoms with van der Waals surface area (Å²) >= 11 is 0. The van der Waals surface area contributed by atoms with Crippen LogP contribution in [0.1, 0.15) is 55.9 Å². The fraction of sp³-hybridized carbons (Fsp3) is 0.394. The van der Waals surface area contributed by atoms with Crippen molar-refractivity contribution in [1.82, 2.24) is 4.90 Å². The first-order chi connectivity index (χ1) is 17.2. The predicted octanol–water partition coefficient (Wildman–Crippen LogP) is 8.34. The lowest BCUT2D eigenvalue weighted by atomic mass is 10.00. The van der Waals surface area contributed by atoms with Crippen LogP contribution in [0.5, 0.6) is 0 Å². The van der Waals surface area contributed by atoms with Crippen molar-refractivity contribution in [2.45, 2.75) is 59.9 Å². The fourth-order valence-corrected chi connectivity index (χ4v) is 3.71. The molecule has 2 rings (SSSR count). The maximum absolute atomic E-state index is 11.8. The van der Waals surface area contributed by atoms with E-state index in [0.29, 0.717) is 5.92 Å². The molecule has 36 heavy (non-hydrogen) atoms. The van der Waals surface area contributed by atoms with Gasteiger partial charge in [0.15, 0.2) is 0 Å². The summed E-state index contributed by atoms with van der Waals surface area (Å²) in [6.07, 6.45) is 8.13. The molecule has 0 heterocycles. The molecule has 196 valence electrons. The first kappa shape index (κ1) is 31.1. The van der Waals surface area contributed by atoms with Crippen molar-refractivity contribution in [3.8, 4) is 0 Å². The third kappa shape index (κ3) is 12.7. The molecule has 0 saturated carbocycles. The van der Waals surface area contributed by atoms with Gasteiger partial charge in [-0.15, -0.1) is 0 Å². The van der Waals surface area contributed by atoms with Gasteiger partial charge in [-0.25, -0.2) is 4.39 Å². The SMILES string of the molecule is C=C(Cc1ccc(CCC(C)C)cc1)N(Cc1ccc(C)cc1)CC(CC)CN.C=C/C=C(/F)C=C. The molecule has 3 heteroatoms. The van der Waals surface area contributed by atoms with E-state index in [-0.39, 0.29) is 5.83 Å². The van der Waals surface area contributed by atoms with Crippen LogP contribution in [-0.4, -0.2) is 18.0 Å². The lowest BCUT2D eigenvalue weighted by molar-refractivity contribution is 0.272. The summed E-state index contributed by atoms with van der Waals surface area (Å²) < 4.78 is 11.8. The van der Waals surface area contributed by atoms with E-state index in [0.717, 1.165) is 50.9 Å². The third-order valence-electron chi connectivity index (χ3n) is 6.24. The van der Waals surface area contributed by atoms with Crippen LogP contribution in [0.3, 0.4) is 0 Å². The Morgan fingerprint density at radius 1 is 1.00 bits per heavy atom. The zero-order chi connectivity index (χ0) is 26.9. The highest BCUT2D eigenvalue weighted by Gasteiger charge is 2.14. The van der Waals surface area contributed by atoms with Crippen molar-refractivity contribution in [1.29, 1.82) is 0 Å². The van der Waals surface area contributed by atoms with Crippen LogP contribution in [0.25, 0.3) is 0 Å². The molecule has 0 aromatic heterocycles. The second kappa shape index (κ2) is 17.5. The normalized spacial score (nSPS) is 11.9. The maximum atomic E-state index is 11.8. The van der Waals surface area contributed by atoms with Gasteiger partial charge in [0.05, 0.1) is 0 Å². The molecule has 2 aromatic rings. The van der Waals surface area contributed by atoms with Crippen LogP contribution in [0.2, 0.25) is 0 Å². The van der Waals surface area contributed by atoms with Crippen LogP contribution < -0.4 is 5.73 Å². The van der Waals surface area contributed by atoms with Gasteiger partial charge in [-0.2, -0.15) is 0 Å². The average molecular weight is 491 g/mol. The third-order valence-corrected chi connectivity index (χ3v) is 6.24. The molecule has 0 amide bonds. The highest BCUT2D eigenvalue weighted by Crippen LogP contribution is 2.19. The van der Waals surface area contributed by atoms with E-state index >= 15 is 0 Å². The van der Waals surface area contributed by atoms with E-state index in [4.69, 9.17) is 5.73 Å². The van der Waals surface area contributed by atoms with Gasteiger partial charge in [0.1, 0.15) is 5.83 Å². The molecular formula is C33H47FN2. The number of allylic oxidation sites excluding steroid dienone is 5. The van der Waals surface area contributed by atoms with Crippen molar-refractivity contribution >= 4 is 0 Å². The molecule has 0 aliphatic heterocycles. The Hall–Kier alpha value is -2.91. The monoisotopic (exact) mass is 490 g/mol. The van der Waals surface area contributed by atoms with Gasteiger partial charge in [0, 0.05) is 25.2 Å². The van der Waals surface area contributed by atoms with E-state index in [1.54, 1.807) is 0 Å². The largest absolute Gasteiger partial charge is 0.370 e. The standard InChI is InChI=1S/C27H40N2.C6H7F/c1-6-24(18-28)19-29(20-27-11-8-22(4)9-12-27)23(5)17-26-15-13-25(14-16-26)10-7-21(2)3;1-3-5-6(7)4-2/h8-9,11-16,21,24H,5-7,10,17-20,28H2,1-4H3;3-5H,1-2H2/b;6-5+. The molecule has 0 fully saturated rings. The second-order valence-corrected chi connectivity index (χ2v) is 9.86. The van der Waals surface area contributed by atoms with E-state index in [1.807, 2.05) is 0 Å². The number of benzene rings is 2. The van der Waals surface area contributed by atoms with Gasteiger partial charge < -0.3 is 10.6 Å². The van der Waals surface area contributed by atoms with Crippen molar-refractivity contribution in [2.75, 3.05) is 13.1 Å². The molecular weight excluding hydrogens is 443 g/mol. The van der Waals surface area contributed by atoms with Gasteiger partial charge in [-0.1, -0.05) is 107 Å². The number of rotatable bonds is 14. The topological polar surface area (TPSA) is 29.3 Å². The molecule has 2 aromatic carbocycles. The first-order valence-electron chi connectivity index (χ1n) is 13.1. The molecule has 0 bridgehead atoms. The van der Waals surface area contributed by atoms with Gasteiger partial charge in [-0.3, -0.25) is 0 Å². The average Bonchev–Trinajstić information content (AvgIpc) is 2.87. The summed E-state index contributed by atoms with van der Waals surface area (Å²) in [5, 5.41) is 0. The Labute approximate surface area is 220 Å². The van der Waals surface area contributed by atoms with Crippen molar-refractivity contribution in [3.05, 3.63) is 120 Å². The molecule has 0 aliphatic rings. The fourth-order valence-electron chi connectivity index (χ4n) is 3.71. The van der Waals surface area contributed by atoms with Gasteiger partial charge in [0.25, 0.3) is 0 Å². The molecule has 2 nitrogen and oxygen atoms in total. The summed E-state index contributed by atoms with van der Waals surface area (Å²) in [6, 6.07) is 17.9. The molecule has 0 aliphatic carbocycles. The van der Waals surface area contributed by atoms with E-state index in [2.05, 4.69) is 101 Å². The summed E-state index contributed by atoms with van der Waals surface area (Å²) in [5.74, 6) is 0.893. The number of hydrogen-bond donors (Lipinski definition) is 1. The Morgan fingerprint density at radius 2 is 1.58 bits per heavy atom. The van der Waals surface area contributed by atoms with Crippen LogP contribution in [0.15, 0.2) is 98.0 Å². The van der Waals surface area contributed by atoms with Crippen LogP contribution in [0.4, 0.5) is 4.39 Å². The molecule has 0 saturated heterocycles. The minimum Gasteiger partial charge on any atom is -0.370 e. The minimum absolute atomic E-state index is 0.352. The van der Waals surface area contributed by atoms with Crippen molar-refractivity contribution in [3.63, 3.8) is 0 Å². The van der Waals surface area contributed by atoms with Crippen LogP contribution in [0, 0.1) is 18.8 Å². The Morgan fingerprint density at radius 3 is 2.06 bits per heavy atom. The predicted molar refractivity (Wildman–Crippen MR) is 156 cm³/mol. The van der Waals surface area contributed by atoms with E-state index in [1.165, 1.54) is 46.5 Å². The smallest absolute Gasteiger partial charge is 0.122 e. The van der Waals surface area contributed by atoms with Gasteiger partial charge in [0.2, 0.25) is 0 Å². The molecule has 1 atom stereocenters. The summed E-state index contributed by atoms with van der Waals surface area (Å²) in [4.78, 5) is 2.43. The zero-order valence-corrected chi connectivity index (χ0v) is 23.0. The molecule has 2 N–H and O–H groups in total. The number of nitrogens with two attached hydrogens (primary N) is 1. The summed E-state index contributed by atoms with van der Waals surface area (Å²) in [6.45, 7) is 22.4. The Bertz CT molecular complexity index is 935. The molecule has 0 radical (unpaired) electrons. The highest BCUT2D eigenvalue weighted by molar-refractivity contribution is 5.27. The summed E-state index contributed by atoms with van der Waals surface area (Å²) in [5.41, 5.74) is 12.6. The minimum atomic E-state index is -0.352. The molecule has 0 spiro atoms. The second-order valence-electron chi connectivity index (χ2n) is 9.86. The number of halogens is 1. The van der Waals surface area contributed by atoms with Gasteiger partial charge >= 0.3 is 0 Å². The van der Waals surface area contributed by atoms with Crippen LogP contribution >= 0.6 is 0 Å². The van der Waals surface area contributed by atoms with E-state index in [9.17, 15) is 4.39 Å². The lowest BCUT2D eigenvalue weighted by Crippen LogP contribution is -2.32. The van der Waals surface area contributed by atoms with Crippen molar-refractivity contribution in [2.24, 2.45) is 17.6 Å². The highest BCUT2D eigenvalue weighted by atomic mass is 19.1. The maximum Gasteiger partial charge on any atom is 0.122 e. The lowest BCUT2D eigenvalue weighted by Gasteiger charge is -2.30. The summed E-state index contributed by atoms with van der Waals surface area (Å²) in [7, 11) is 0. The Balaban J connectivity index is 0.000000809. The Kier molecular flexibility index (Phi) is 15.1. The zero-order valence-electron chi connectivity index (χ0n) is 23.0. The van der Waals surface area contributed by atoms with Crippen molar-refractivity contribution < 1.29 is 4.39 Å². The number of nitrogens with zero attached hydrogens (tertiary/aromatic N) is 1. The quantitative estimate of drug-likeness (QED) is 0.270. The van der Waals surface area contributed by atoms with Crippen LogP contribution in [-0.2, 0) is 19.4 Å².